The van der Waals surface area contributed by atoms with Gasteiger partial charge < -0.3 is 4.42 Å². The summed E-state index contributed by atoms with van der Waals surface area (Å²) in [7, 11) is 2.14. The summed E-state index contributed by atoms with van der Waals surface area (Å²) in [5.74, 6) is 0. The predicted molar refractivity (Wildman–Crippen MR) is 173 cm³/mol. The lowest BCUT2D eigenvalue weighted by atomic mass is 9.56. The molecule has 0 saturated heterocycles. The van der Waals surface area contributed by atoms with Gasteiger partial charge in [0.2, 0.25) is 5.69 Å². The van der Waals surface area contributed by atoms with Crippen LogP contribution in [0, 0.1) is 6.92 Å². The summed E-state index contributed by atoms with van der Waals surface area (Å²) in [4.78, 5) is 4.64. The van der Waals surface area contributed by atoms with Gasteiger partial charge in [-0.05, 0) is 95.8 Å². The predicted octanol–water partition coefficient (Wildman–Crippen LogP) is 9.48. The van der Waals surface area contributed by atoms with E-state index < -0.39 is 0 Å². The fraction of sp³-hybridized carbons (Fsp3) is 0.300. The lowest BCUT2D eigenvalue weighted by Gasteiger charge is -2.47. The Balaban J connectivity index is 1.25. The van der Waals surface area contributed by atoms with Crippen LogP contribution in [0.15, 0.2) is 95.7 Å². The molecule has 2 spiro atoms. The van der Waals surface area contributed by atoms with Gasteiger partial charge in [-0.3, -0.25) is 4.98 Å². The second-order valence-corrected chi connectivity index (χ2v) is 13.4. The highest BCUT2D eigenvalue weighted by Crippen LogP contribution is 2.61. The Bertz CT molecular complexity index is 2070. The first-order chi connectivity index (χ1) is 21.1. The maximum atomic E-state index is 6.47. The highest BCUT2D eigenvalue weighted by molar-refractivity contribution is 6.07. The van der Waals surface area contributed by atoms with Crippen molar-refractivity contribution in [2.45, 2.75) is 69.1 Å². The van der Waals surface area contributed by atoms with Crippen LogP contribution in [-0.4, -0.2) is 4.98 Å². The maximum Gasteiger partial charge on any atom is 0.216 e. The number of fused-ring (bicyclic) bond motifs is 9. The summed E-state index contributed by atoms with van der Waals surface area (Å²) in [6.07, 6.45) is 14.4. The first-order valence-electron chi connectivity index (χ1n) is 16.1. The van der Waals surface area contributed by atoms with E-state index in [4.69, 9.17) is 4.42 Å². The zero-order valence-corrected chi connectivity index (χ0v) is 25.1. The summed E-state index contributed by atoms with van der Waals surface area (Å²) < 4.78 is 8.70. The van der Waals surface area contributed by atoms with Crippen molar-refractivity contribution in [1.82, 2.24) is 4.98 Å². The van der Waals surface area contributed by atoms with Gasteiger partial charge in [-0.2, -0.15) is 0 Å². The van der Waals surface area contributed by atoms with Crippen molar-refractivity contribution in [1.29, 1.82) is 0 Å². The summed E-state index contributed by atoms with van der Waals surface area (Å²) in [5, 5.41) is 1.07. The van der Waals surface area contributed by atoms with Gasteiger partial charge in [-0.1, -0.05) is 68.1 Å². The van der Waals surface area contributed by atoms with E-state index in [-0.39, 0.29) is 10.8 Å². The molecule has 3 heterocycles. The average Bonchev–Trinajstić information content (AvgIpc) is 3.81. The first-order valence-corrected chi connectivity index (χ1v) is 16.1. The SMILES string of the molecule is Cc1ccc2c(oc3cccnc32)c1-c1cc(-c2ccc3c(c2)C2(CCCC2)c2ccccc2C32CCCC2)cc[n+]1C. The number of aromatic nitrogens is 2. The third-order valence-corrected chi connectivity index (χ3v) is 11.3. The van der Waals surface area contributed by atoms with Crippen molar-refractivity contribution in [3.8, 4) is 22.4 Å². The quantitative estimate of drug-likeness (QED) is 0.197. The molecule has 2 saturated carbocycles. The molecular weight excluding hydrogens is 524 g/mol. The monoisotopic (exact) mass is 561 g/mol. The average molecular weight is 562 g/mol. The van der Waals surface area contributed by atoms with Crippen LogP contribution in [0.3, 0.4) is 0 Å². The molecule has 0 radical (unpaired) electrons. The molecule has 3 nitrogen and oxygen atoms in total. The molecular formula is C40H37N2O+. The molecule has 3 aliphatic rings. The van der Waals surface area contributed by atoms with Crippen molar-refractivity contribution in [2.75, 3.05) is 0 Å². The zero-order chi connectivity index (χ0) is 28.8. The maximum absolute atomic E-state index is 6.47. The van der Waals surface area contributed by atoms with E-state index in [0.717, 1.165) is 33.3 Å². The Morgan fingerprint density at radius 1 is 0.698 bits per heavy atom. The van der Waals surface area contributed by atoms with E-state index in [9.17, 15) is 0 Å². The molecule has 0 N–H and O–H groups in total. The molecule has 0 amide bonds. The Morgan fingerprint density at radius 3 is 2.12 bits per heavy atom. The molecule has 3 aromatic heterocycles. The number of benzene rings is 3. The standard InChI is InChI=1S/C40H37N2O/c1-26-13-15-29-37-35(12-9-22-41-37)43-38(29)36(26)34-25-28(17-23-42(34)2)27-14-16-32-33(24-27)40(20-7-8-21-40)31-11-4-3-10-30(31)39(32)18-5-6-19-39/h3-4,9-17,22-25H,5-8,18-21H2,1-2H3/q+1. The van der Waals surface area contributed by atoms with Crippen LogP contribution < -0.4 is 4.57 Å². The molecule has 3 aliphatic carbocycles. The van der Waals surface area contributed by atoms with Gasteiger partial charge in [0.25, 0.3) is 0 Å². The summed E-state index contributed by atoms with van der Waals surface area (Å²) in [6, 6.07) is 30.0. The number of nitrogens with zero attached hydrogens (tertiary/aromatic N) is 2. The molecule has 9 rings (SSSR count). The number of furan rings is 1. The minimum atomic E-state index is 0.140. The highest BCUT2D eigenvalue weighted by Gasteiger charge is 2.52. The van der Waals surface area contributed by atoms with Crippen LogP contribution in [0.25, 0.3) is 44.5 Å². The molecule has 0 aliphatic heterocycles. The van der Waals surface area contributed by atoms with Crippen LogP contribution in [0.2, 0.25) is 0 Å². The topological polar surface area (TPSA) is 29.9 Å². The number of hydrogen-bond donors (Lipinski definition) is 0. The van der Waals surface area contributed by atoms with E-state index in [1.54, 1.807) is 22.3 Å². The first kappa shape index (κ1) is 25.3. The van der Waals surface area contributed by atoms with Crippen molar-refractivity contribution in [3.05, 3.63) is 119 Å². The molecule has 0 unspecified atom stereocenters. The minimum Gasteiger partial charge on any atom is -0.453 e. The van der Waals surface area contributed by atoms with Crippen molar-refractivity contribution >= 4 is 22.1 Å². The van der Waals surface area contributed by atoms with Gasteiger partial charge in [0.1, 0.15) is 12.6 Å². The van der Waals surface area contributed by atoms with E-state index in [1.807, 2.05) is 18.3 Å². The number of pyridine rings is 2. The van der Waals surface area contributed by atoms with Crippen LogP contribution in [-0.2, 0) is 17.9 Å². The molecule has 3 heteroatoms. The van der Waals surface area contributed by atoms with E-state index >= 15 is 0 Å². The van der Waals surface area contributed by atoms with Gasteiger partial charge in [0.15, 0.2) is 17.4 Å². The fourth-order valence-corrected chi connectivity index (χ4v) is 9.25. The Labute approximate surface area is 253 Å². The lowest BCUT2D eigenvalue weighted by Crippen LogP contribution is -2.40. The van der Waals surface area contributed by atoms with Gasteiger partial charge in [0.05, 0.1) is 5.56 Å². The Morgan fingerprint density at radius 2 is 1.37 bits per heavy atom. The zero-order valence-electron chi connectivity index (χ0n) is 25.1. The second kappa shape index (κ2) is 9.13. The molecule has 0 atom stereocenters. The summed E-state index contributed by atoms with van der Waals surface area (Å²) >= 11 is 0. The molecule has 0 bridgehead atoms. The number of hydrogen-bond acceptors (Lipinski definition) is 2. The summed E-state index contributed by atoms with van der Waals surface area (Å²) in [6.45, 7) is 2.18. The second-order valence-electron chi connectivity index (χ2n) is 13.4. The molecule has 3 aromatic carbocycles. The van der Waals surface area contributed by atoms with E-state index in [2.05, 4.69) is 96.4 Å². The van der Waals surface area contributed by atoms with Gasteiger partial charge in [0, 0.05) is 34.5 Å². The Kier molecular flexibility index (Phi) is 5.37. The normalized spacial score (nSPS) is 18.1. The van der Waals surface area contributed by atoms with E-state index in [1.165, 1.54) is 68.1 Å². The molecule has 6 aromatic rings. The van der Waals surface area contributed by atoms with E-state index in [0.29, 0.717) is 0 Å². The van der Waals surface area contributed by atoms with Crippen molar-refractivity contribution in [2.24, 2.45) is 7.05 Å². The van der Waals surface area contributed by atoms with Gasteiger partial charge >= 0.3 is 0 Å². The molecule has 43 heavy (non-hydrogen) atoms. The lowest BCUT2D eigenvalue weighted by molar-refractivity contribution is -0.660. The smallest absolute Gasteiger partial charge is 0.216 e. The highest BCUT2D eigenvalue weighted by atomic mass is 16.3. The van der Waals surface area contributed by atoms with Crippen molar-refractivity contribution < 1.29 is 8.98 Å². The van der Waals surface area contributed by atoms with Crippen LogP contribution >= 0.6 is 0 Å². The fourth-order valence-electron chi connectivity index (χ4n) is 9.25. The third-order valence-electron chi connectivity index (χ3n) is 11.3. The minimum absolute atomic E-state index is 0.140. The van der Waals surface area contributed by atoms with Crippen LogP contribution in [0.4, 0.5) is 0 Å². The summed E-state index contributed by atoms with van der Waals surface area (Å²) in [5.41, 5.74) is 15.6. The van der Waals surface area contributed by atoms with Gasteiger partial charge in [-0.25, -0.2) is 4.57 Å². The van der Waals surface area contributed by atoms with Gasteiger partial charge in [-0.15, -0.1) is 0 Å². The van der Waals surface area contributed by atoms with Crippen molar-refractivity contribution in [3.63, 3.8) is 0 Å². The molecule has 212 valence electrons. The number of aryl methyl sites for hydroxylation is 2. The molecule has 2 fully saturated rings. The third kappa shape index (κ3) is 3.42. The van der Waals surface area contributed by atoms with Crippen LogP contribution in [0.5, 0.6) is 0 Å². The number of rotatable bonds is 2. The Hall–Kier alpha value is -4.24. The largest absolute Gasteiger partial charge is 0.453 e. The van der Waals surface area contributed by atoms with Crippen LogP contribution in [0.1, 0.15) is 79.2 Å².